The lowest BCUT2D eigenvalue weighted by Gasteiger charge is -2.21. The maximum Gasteiger partial charge on any atom is 0.330 e. The molecule has 0 aliphatic rings. The van der Waals surface area contributed by atoms with E-state index in [1.807, 2.05) is 20.8 Å². The van der Waals surface area contributed by atoms with Crippen LogP contribution in [-0.4, -0.2) is 35.0 Å². The third-order valence-electron chi connectivity index (χ3n) is 2.80. The Kier molecular flexibility index (Phi) is 7.92. The van der Waals surface area contributed by atoms with E-state index in [-0.39, 0.29) is 17.6 Å². The van der Waals surface area contributed by atoms with Gasteiger partial charge in [-0.2, -0.15) is 0 Å². The summed E-state index contributed by atoms with van der Waals surface area (Å²) < 4.78 is 4.68. The van der Waals surface area contributed by atoms with Crippen molar-refractivity contribution in [2.45, 2.75) is 33.2 Å². The Morgan fingerprint density at radius 3 is 2.42 bits per heavy atom. The van der Waals surface area contributed by atoms with E-state index in [1.165, 1.54) is 0 Å². The van der Waals surface area contributed by atoms with Crippen LogP contribution < -0.4 is 16.0 Å². The number of amides is 2. The predicted molar refractivity (Wildman–Crippen MR) is 104 cm³/mol. The normalized spacial score (nSPS) is 10.9. The van der Waals surface area contributed by atoms with E-state index in [0.717, 1.165) is 12.2 Å². The highest BCUT2D eigenvalue weighted by molar-refractivity contribution is 7.80. The minimum Gasteiger partial charge on any atom is -0.463 e. The molecule has 0 saturated carbocycles. The van der Waals surface area contributed by atoms with Gasteiger partial charge >= 0.3 is 5.97 Å². The topological polar surface area (TPSA) is 96.5 Å². The molecular weight excluding hydrogens is 354 g/mol. The standard InChI is InChI=1S/C18H23N3O4S/c1-5-25-15(23)11-10-14(22)20-17(26)19-13-9-7-6-8-12(13)16(24)21-18(2,3)4/h6-11H,5H2,1-4H3,(H,21,24)(H2,19,20,22,26)/b11-10+. The van der Waals surface area contributed by atoms with Crippen molar-refractivity contribution in [1.29, 1.82) is 0 Å². The van der Waals surface area contributed by atoms with Crippen LogP contribution in [0.2, 0.25) is 0 Å². The van der Waals surface area contributed by atoms with Crippen molar-refractivity contribution in [1.82, 2.24) is 10.6 Å². The summed E-state index contributed by atoms with van der Waals surface area (Å²) in [5, 5.41) is 8.07. The van der Waals surface area contributed by atoms with Gasteiger partial charge in [0.1, 0.15) is 0 Å². The zero-order valence-electron chi connectivity index (χ0n) is 15.2. The van der Waals surface area contributed by atoms with Gasteiger partial charge in [-0.1, -0.05) is 12.1 Å². The SMILES string of the molecule is CCOC(=O)/C=C/C(=O)NC(=S)Nc1ccccc1C(=O)NC(C)(C)C. The fraction of sp³-hybridized carbons (Fsp3) is 0.333. The van der Waals surface area contributed by atoms with Gasteiger partial charge in [0.25, 0.3) is 5.91 Å². The molecule has 0 unspecified atom stereocenters. The third-order valence-corrected chi connectivity index (χ3v) is 3.01. The largest absolute Gasteiger partial charge is 0.463 e. The van der Waals surface area contributed by atoms with E-state index >= 15 is 0 Å². The molecule has 0 spiro atoms. The highest BCUT2D eigenvalue weighted by atomic mass is 32.1. The molecule has 0 saturated heterocycles. The van der Waals surface area contributed by atoms with Gasteiger partial charge in [0.05, 0.1) is 17.9 Å². The average Bonchev–Trinajstić information content (AvgIpc) is 2.52. The van der Waals surface area contributed by atoms with Crippen molar-refractivity contribution < 1.29 is 19.1 Å². The molecule has 0 aliphatic heterocycles. The second-order valence-corrected chi connectivity index (χ2v) is 6.69. The Morgan fingerprint density at radius 2 is 1.81 bits per heavy atom. The first kappa shape index (κ1) is 21.3. The highest BCUT2D eigenvalue weighted by Crippen LogP contribution is 2.16. The van der Waals surface area contributed by atoms with Crippen molar-refractivity contribution in [3.05, 3.63) is 42.0 Å². The van der Waals surface area contributed by atoms with Crippen LogP contribution in [0.3, 0.4) is 0 Å². The maximum absolute atomic E-state index is 12.4. The summed E-state index contributed by atoms with van der Waals surface area (Å²) in [6.45, 7) is 7.52. The summed E-state index contributed by atoms with van der Waals surface area (Å²) in [6.07, 6.45) is 2.02. The molecule has 26 heavy (non-hydrogen) atoms. The second kappa shape index (κ2) is 9.67. The predicted octanol–water partition coefficient (Wildman–Crippen LogP) is 2.15. The second-order valence-electron chi connectivity index (χ2n) is 6.28. The average molecular weight is 377 g/mol. The fourth-order valence-electron chi connectivity index (χ4n) is 1.84. The van der Waals surface area contributed by atoms with Crippen LogP contribution in [0.25, 0.3) is 0 Å². The molecule has 0 fully saturated rings. The summed E-state index contributed by atoms with van der Waals surface area (Å²) in [6, 6.07) is 6.78. The number of benzene rings is 1. The van der Waals surface area contributed by atoms with Crippen LogP contribution in [0, 0.1) is 0 Å². The lowest BCUT2D eigenvalue weighted by molar-refractivity contribution is -0.137. The smallest absolute Gasteiger partial charge is 0.330 e. The summed E-state index contributed by atoms with van der Waals surface area (Å²) in [5.41, 5.74) is 0.451. The molecular formula is C18H23N3O4S. The molecule has 2 amide bonds. The molecule has 1 aromatic rings. The number of thiocarbonyl (C=S) groups is 1. The minimum atomic E-state index is -0.620. The van der Waals surface area contributed by atoms with Crippen LogP contribution in [0.1, 0.15) is 38.1 Å². The number of carbonyl (C=O) groups is 3. The Labute approximate surface area is 158 Å². The van der Waals surface area contributed by atoms with Crippen molar-refractivity contribution in [2.24, 2.45) is 0 Å². The van der Waals surface area contributed by atoms with Crippen LogP contribution in [0.4, 0.5) is 5.69 Å². The fourth-order valence-corrected chi connectivity index (χ4v) is 2.05. The lowest BCUT2D eigenvalue weighted by Crippen LogP contribution is -2.41. The van der Waals surface area contributed by atoms with Crippen molar-refractivity contribution in [3.63, 3.8) is 0 Å². The zero-order valence-corrected chi connectivity index (χ0v) is 16.0. The number of carbonyl (C=O) groups excluding carboxylic acids is 3. The number of ether oxygens (including phenoxy) is 1. The first-order chi connectivity index (χ1) is 12.1. The summed E-state index contributed by atoms with van der Waals surface area (Å²) in [5.74, 6) is -1.48. The number of esters is 1. The Balaban J connectivity index is 2.74. The van der Waals surface area contributed by atoms with E-state index in [4.69, 9.17) is 12.2 Å². The number of nitrogens with one attached hydrogen (secondary N) is 3. The Morgan fingerprint density at radius 1 is 1.15 bits per heavy atom. The van der Waals surface area contributed by atoms with Gasteiger partial charge in [-0.15, -0.1) is 0 Å². The monoisotopic (exact) mass is 377 g/mol. The molecule has 0 atom stereocenters. The maximum atomic E-state index is 12.4. The number of hydrogen-bond acceptors (Lipinski definition) is 5. The van der Waals surface area contributed by atoms with Gasteiger partial charge in [0.2, 0.25) is 5.91 Å². The van der Waals surface area contributed by atoms with Gasteiger partial charge < -0.3 is 15.4 Å². The van der Waals surface area contributed by atoms with Crippen LogP contribution >= 0.6 is 12.2 Å². The van der Waals surface area contributed by atoms with Crippen LogP contribution in [-0.2, 0) is 14.3 Å². The molecule has 1 rings (SSSR count). The summed E-state index contributed by atoms with van der Waals surface area (Å²) >= 11 is 5.07. The van der Waals surface area contributed by atoms with E-state index in [1.54, 1.807) is 31.2 Å². The highest BCUT2D eigenvalue weighted by Gasteiger charge is 2.18. The lowest BCUT2D eigenvalue weighted by atomic mass is 10.1. The van der Waals surface area contributed by atoms with Crippen molar-refractivity contribution >= 4 is 40.8 Å². The molecule has 1 aromatic carbocycles. The van der Waals surface area contributed by atoms with Gasteiger partial charge in [0.15, 0.2) is 5.11 Å². The number of rotatable bonds is 5. The minimum absolute atomic E-state index is 0.000447. The Hall–Kier alpha value is -2.74. The first-order valence-corrected chi connectivity index (χ1v) is 8.41. The number of anilines is 1. The molecule has 0 aliphatic carbocycles. The van der Waals surface area contributed by atoms with E-state index < -0.39 is 17.4 Å². The molecule has 140 valence electrons. The molecule has 0 bridgehead atoms. The summed E-state index contributed by atoms with van der Waals surface area (Å²) in [4.78, 5) is 35.3. The van der Waals surface area contributed by atoms with Crippen molar-refractivity contribution in [3.8, 4) is 0 Å². The van der Waals surface area contributed by atoms with Crippen LogP contribution in [0.5, 0.6) is 0 Å². The quantitative estimate of drug-likeness (QED) is 0.413. The number of hydrogen-bond donors (Lipinski definition) is 3. The van der Waals surface area contributed by atoms with E-state index in [9.17, 15) is 14.4 Å². The van der Waals surface area contributed by atoms with Gasteiger partial charge in [0, 0.05) is 17.7 Å². The van der Waals surface area contributed by atoms with Gasteiger partial charge in [-0.3, -0.25) is 14.9 Å². The number of para-hydroxylation sites is 1. The van der Waals surface area contributed by atoms with Gasteiger partial charge in [-0.25, -0.2) is 4.79 Å². The molecule has 0 aromatic heterocycles. The first-order valence-electron chi connectivity index (χ1n) is 8.00. The van der Waals surface area contributed by atoms with Crippen LogP contribution in [0.15, 0.2) is 36.4 Å². The van der Waals surface area contributed by atoms with E-state index in [0.29, 0.717) is 11.3 Å². The Bertz CT molecular complexity index is 723. The third kappa shape index (κ3) is 7.89. The molecule has 0 radical (unpaired) electrons. The van der Waals surface area contributed by atoms with Gasteiger partial charge in [-0.05, 0) is 52.0 Å². The molecule has 8 heteroatoms. The zero-order chi connectivity index (χ0) is 19.7. The van der Waals surface area contributed by atoms with E-state index in [2.05, 4.69) is 20.7 Å². The molecule has 7 nitrogen and oxygen atoms in total. The van der Waals surface area contributed by atoms with Crippen molar-refractivity contribution in [2.75, 3.05) is 11.9 Å². The molecule has 3 N–H and O–H groups in total. The summed E-state index contributed by atoms with van der Waals surface area (Å²) in [7, 11) is 0. The molecule has 0 heterocycles.